The van der Waals surface area contributed by atoms with Gasteiger partial charge < -0.3 is 20.7 Å². The molecule has 1 unspecified atom stereocenters. The monoisotopic (exact) mass is 709 g/mol. The molecule has 8 nitrogen and oxygen atoms in total. The number of aryl methyl sites for hydroxylation is 1. The Morgan fingerprint density at radius 3 is 2.40 bits per heavy atom. The third-order valence-electron chi connectivity index (χ3n) is 8.60. The molecule has 1 atom stereocenters. The number of carbonyl (C=O) groups excluding carboxylic acids is 4. The van der Waals surface area contributed by atoms with Crippen molar-refractivity contribution in [2.24, 2.45) is 11.3 Å². The Morgan fingerprint density at radius 2 is 1.70 bits per heavy atom. The van der Waals surface area contributed by atoms with Crippen molar-refractivity contribution in [2.45, 2.75) is 58.8 Å². The molecular formula is C40H43N3O5S2. The van der Waals surface area contributed by atoms with Crippen molar-refractivity contribution in [2.75, 3.05) is 23.0 Å². The predicted molar refractivity (Wildman–Crippen MR) is 203 cm³/mol. The number of rotatable bonds is 11. The van der Waals surface area contributed by atoms with Crippen LogP contribution >= 0.6 is 23.1 Å². The number of esters is 1. The molecule has 0 saturated heterocycles. The third-order valence-corrected chi connectivity index (χ3v) is 10.8. The van der Waals surface area contributed by atoms with Gasteiger partial charge in [-0.1, -0.05) is 74.9 Å². The summed E-state index contributed by atoms with van der Waals surface area (Å²) >= 11 is 2.79. The summed E-state index contributed by atoms with van der Waals surface area (Å²) in [6.07, 6.45) is 4.27. The standard InChI is InChI=1S/C40H43N3O5S2/c1-6-48-39(47)35-31-20-19-28(40(3,4)5)22-33(31)50-38(35)43-34(44)24-49-30-14-10-13-29(23-30)41-37(46)32(21-26-17-15-25(2)16-18-26)42-36(45)27-11-8-7-9-12-27/h7-18,21,23,28H,6,19-20,22,24H2,1-5H3,(H,41,46)(H,42,45)(H,43,44)/b32-21+. The molecule has 260 valence electrons. The summed E-state index contributed by atoms with van der Waals surface area (Å²) in [7, 11) is 0. The van der Waals surface area contributed by atoms with Crippen LogP contribution < -0.4 is 16.0 Å². The van der Waals surface area contributed by atoms with E-state index in [-0.39, 0.29) is 29.4 Å². The maximum Gasteiger partial charge on any atom is 0.341 e. The third kappa shape index (κ3) is 9.52. The maximum absolute atomic E-state index is 13.5. The van der Waals surface area contributed by atoms with Crippen LogP contribution in [0.15, 0.2) is 89.5 Å². The fourth-order valence-electron chi connectivity index (χ4n) is 5.78. The van der Waals surface area contributed by atoms with Crippen molar-refractivity contribution in [3.8, 4) is 0 Å². The van der Waals surface area contributed by atoms with Crippen LogP contribution in [0, 0.1) is 18.3 Å². The lowest BCUT2D eigenvalue weighted by molar-refractivity contribution is -0.114. The molecule has 0 radical (unpaired) electrons. The molecule has 0 bridgehead atoms. The van der Waals surface area contributed by atoms with E-state index in [9.17, 15) is 19.2 Å². The van der Waals surface area contributed by atoms with Crippen molar-refractivity contribution in [1.29, 1.82) is 0 Å². The Bertz CT molecular complexity index is 1890. The van der Waals surface area contributed by atoms with E-state index in [4.69, 9.17) is 4.74 Å². The Kier molecular flexibility index (Phi) is 12.0. The van der Waals surface area contributed by atoms with E-state index in [0.717, 1.165) is 45.7 Å². The van der Waals surface area contributed by atoms with Crippen LogP contribution in [-0.2, 0) is 27.2 Å². The normalized spacial score (nSPS) is 14.3. The second-order valence-electron chi connectivity index (χ2n) is 13.3. The summed E-state index contributed by atoms with van der Waals surface area (Å²) in [6, 6.07) is 23.5. The van der Waals surface area contributed by atoms with Gasteiger partial charge in [0.25, 0.3) is 11.8 Å². The van der Waals surface area contributed by atoms with Gasteiger partial charge in [-0.05, 0) is 92.0 Å². The first-order chi connectivity index (χ1) is 23.9. The molecule has 1 aliphatic rings. The predicted octanol–water partition coefficient (Wildman–Crippen LogP) is 8.52. The molecule has 0 spiro atoms. The molecule has 0 saturated carbocycles. The highest BCUT2D eigenvalue weighted by molar-refractivity contribution is 8.00. The molecule has 10 heteroatoms. The fraction of sp³-hybridized carbons (Fsp3) is 0.300. The summed E-state index contributed by atoms with van der Waals surface area (Å²) in [5.74, 6) is -0.949. The van der Waals surface area contributed by atoms with Gasteiger partial charge >= 0.3 is 5.97 Å². The van der Waals surface area contributed by atoms with Crippen molar-refractivity contribution < 1.29 is 23.9 Å². The molecular weight excluding hydrogens is 667 g/mol. The average Bonchev–Trinajstić information content (AvgIpc) is 3.45. The van der Waals surface area contributed by atoms with Gasteiger partial charge in [0.2, 0.25) is 5.91 Å². The van der Waals surface area contributed by atoms with E-state index in [2.05, 4.69) is 36.7 Å². The highest BCUT2D eigenvalue weighted by Gasteiger charge is 2.34. The number of carbonyl (C=O) groups is 4. The quantitative estimate of drug-likeness (QED) is 0.0818. The minimum Gasteiger partial charge on any atom is -0.462 e. The zero-order valence-electron chi connectivity index (χ0n) is 29.1. The average molecular weight is 710 g/mol. The largest absolute Gasteiger partial charge is 0.462 e. The van der Waals surface area contributed by atoms with Gasteiger partial charge in [0.15, 0.2) is 0 Å². The van der Waals surface area contributed by atoms with Gasteiger partial charge in [-0.2, -0.15) is 0 Å². The number of nitrogens with one attached hydrogen (secondary N) is 3. The van der Waals surface area contributed by atoms with Crippen LogP contribution in [0.2, 0.25) is 0 Å². The molecule has 1 aromatic heterocycles. The Hall–Kier alpha value is -4.67. The molecule has 3 N–H and O–H groups in total. The van der Waals surface area contributed by atoms with Crippen LogP contribution in [0.25, 0.3) is 6.08 Å². The van der Waals surface area contributed by atoms with Crippen LogP contribution in [0.1, 0.15) is 76.4 Å². The molecule has 50 heavy (non-hydrogen) atoms. The van der Waals surface area contributed by atoms with E-state index in [1.807, 2.05) is 43.3 Å². The number of anilines is 2. The lowest BCUT2D eigenvalue weighted by Gasteiger charge is -2.33. The summed E-state index contributed by atoms with van der Waals surface area (Å²) < 4.78 is 5.39. The van der Waals surface area contributed by atoms with Gasteiger partial charge in [0, 0.05) is 21.0 Å². The summed E-state index contributed by atoms with van der Waals surface area (Å²) in [5.41, 5.74) is 4.49. The summed E-state index contributed by atoms with van der Waals surface area (Å²) in [6.45, 7) is 10.7. The van der Waals surface area contributed by atoms with E-state index in [0.29, 0.717) is 27.7 Å². The first kappa shape index (κ1) is 36.6. The Balaban J connectivity index is 1.27. The van der Waals surface area contributed by atoms with Gasteiger partial charge in [0.05, 0.1) is 17.9 Å². The first-order valence-corrected chi connectivity index (χ1v) is 18.5. The van der Waals surface area contributed by atoms with Crippen molar-refractivity contribution >= 4 is 63.6 Å². The number of hydrogen-bond acceptors (Lipinski definition) is 7. The van der Waals surface area contributed by atoms with E-state index in [1.165, 1.54) is 23.1 Å². The molecule has 1 aliphatic carbocycles. The van der Waals surface area contributed by atoms with Gasteiger partial charge in [-0.3, -0.25) is 14.4 Å². The molecule has 5 rings (SSSR count). The van der Waals surface area contributed by atoms with Crippen molar-refractivity contribution in [3.63, 3.8) is 0 Å². The first-order valence-electron chi connectivity index (χ1n) is 16.7. The molecule has 4 aromatic rings. The van der Waals surface area contributed by atoms with E-state index < -0.39 is 17.8 Å². The second-order valence-corrected chi connectivity index (χ2v) is 15.5. The van der Waals surface area contributed by atoms with Gasteiger partial charge in [0.1, 0.15) is 10.7 Å². The number of hydrogen-bond donors (Lipinski definition) is 3. The zero-order valence-corrected chi connectivity index (χ0v) is 30.7. The smallest absolute Gasteiger partial charge is 0.341 e. The number of amides is 3. The zero-order chi connectivity index (χ0) is 35.8. The summed E-state index contributed by atoms with van der Waals surface area (Å²) in [4.78, 5) is 54.7. The lowest BCUT2D eigenvalue weighted by Crippen LogP contribution is -2.30. The topological polar surface area (TPSA) is 114 Å². The number of thiophene rings is 1. The molecule has 0 fully saturated rings. The highest BCUT2D eigenvalue weighted by atomic mass is 32.2. The van der Waals surface area contributed by atoms with Crippen LogP contribution in [-0.4, -0.2) is 36.1 Å². The highest BCUT2D eigenvalue weighted by Crippen LogP contribution is 2.44. The Morgan fingerprint density at radius 1 is 0.960 bits per heavy atom. The minimum absolute atomic E-state index is 0.0880. The van der Waals surface area contributed by atoms with Crippen LogP contribution in [0.5, 0.6) is 0 Å². The van der Waals surface area contributed by atoms with Crippen LogP contribution in [0.3, 0.4) is 0 Å². The SMILES string of the molecule is CCOC(=O)c1c(NC(=O)CSc2cccc(NC(=O)/C(=C\c3ccc(C)cc3)NC(=O)c3ccccc3)c2)sc2c1CCC(C(C)(C)C)C2. The molecule has 0 aliphatic heterocycles. The Labute approximate surface area is 302 Å². The van der Waals surface area contributed by atoms with E-state index >= 15 is 0 Å². The lowest BCUT2D eigenvalue weighted by atomic mass is 9.72. The molecule has 3 aromatic carbocycles. The number of benzene rings is 3. The van der Waals surface area contributed by atoms with Crippen molar-refractivity contribution in [3.05, 3.63) is 117 Å². The fourth-order valence-corrected chi connectivity index (χ4v) is 7.86. The van der Waals surface area contributed by atoms with Gasteiger partial charge in [-0.25, -0.2) is 4.79 Å². The number of fused-ring (bicyclic) bond motifs is 1. The van der Waals surface area contributed by atoms with Crippen molar-refractivity contribution in [1.82, 2.24) is 5.32 Å². The maximum atomic E-state index is 13.5. The molecule has 1 heterocycles. The van der Waals surface area contributed by atoms with Gasteiger partial charge in [-0.15, -0.1) is 23.1 Å². The van der Waals surface area contributed by atoms with E-state index in [1.54, 1.807) is 55.5 Å². The minimum atomic E-state index is -0.489. The van der Waals surface area contributed by atoms with Crippen LogP contribution in [0.4, 0.5) is 10.7 Å². The number of thioether (sulfide) groups is 1. The summed E-state index contributed by atoms with van der Waals surface area (Å²) in [5, 5.41) is 9.18. The second kappa shape index (κ2) is 16.4. The number of ether oxygens (including phenoxy) is 1. The molecule has 3 amide bonds.